The minimum Gasteiger partial charge on any atom is -0.478 e. The summed E-state index contributed by atoms with van der Waals surface area (Å²) < 4.78 is 0. The maximum atomic E-state index is 10.9. The predicted molar refractivity (Wildman–Crippen MR) is 85.2 cm³/mol. The maximum absolute atomic E-state index is 10.9. The van der Waals surface area contributed by atoms with Gasteiger partial charge < -0.3 is 5.11 Å². The Hall–Kier alpha value is -2.39. The van der Waals surface area contributed by atoms with Gasteiger partial charge in [-0.1, -0.05) is 30.3 Å². The molecule has 0 fully saturated rings. The van der Waals surface area contributed by atoms with Crippen LogP contribution < -0.4 is 0 Å². The lowest BCUT2D eigenvalue weighted by Gasteiger charge is -2.05. The molecule has 1 heterocycles. The summed E-state index contributed by atoms with van der Waals surface area (Å²) in [5.74, 6) is -0.897. The van der Waals surface area contributed by atoms with Gasteiger partial charge in [0.25, 0.3) is 0 Å². The monoisotopic (exact) mass is 299 g/mol. The minimum atomic E-state index is -0.897. The van der Waals surface area contributed by atoms with Crippen LogP contribution >= 0.6 is 12.4 Å². The van der Waals surface area contributed by atoms with Crippen molar-refractivity contribution in [2.45, 2.75) is 6.42 Å². The molecule has 0 aliphatic heterocycles. The number of carboxylic acids is 1. The van der Waals surface area contributed by atoms with Crippen molar-refractivity contribution in [3.8, 4) is 0 Å². The number of rotatable bonds is 3. The molecule has 0 atom stereocenters. The van der Waals surface area contributed by atoms with E-state index < -0.39 is 5.97 Å². The van der Waals surface area contributed by atoms with Crippen LogP contribution in [0.1, 0.15) is 21.5 Å². The molecule has 1 aromatic heterocycles. The molecular weight excluding hydrogens is 286 g/mol. The van der Waals surface area contributed by atoms with E-state index in [9.17, 15) is 4.79 Å². The maximum Gasteiger partial charge on any atom is 0.335 e. The Morgan fingerprint density at radius 3 is 2.48 bits per heavy atom. The highest BCUT2D eigenvalue weighted by molar-refractivity contribution is 5.94. The standard InChI is InChI=1S/C17H13NO2.ClH/c19-17(20)16-6-5-14-9-12(3-4-15(14)10-16)8-13-2-1-7-18-11-13;/h1-7,9-11H,8H2,(H,19,20);1H. The molecule has 1 N–H and O–H groups in total. The lowest BCUT2D eigenvalue weighted by molar-refractivity contribution is 0.0697. The number of benzene rings is 2. The zero-order valence-electron chi connectivity index (χ0n) is 11.2. The van der Waals surface area contributed by atoms with Gasteiger partial charge in [0.05, 0.1) is 5.56 Å². The topological polar surface area (TPSA) is 50.2 Å². The lowest BCUT2D eigenvalue weighted by atomic mass is 10.0. The fraction of sp³-hybridized carbons (Fsp3) is 0.0588. The highest BCUT2D eigenvalue weighted by Crippen LogP contribution is 2.19. The van der Waals surface area contributed by atoms with E-state index in [-0.39, 0.29) is 12.4 Å². The van der Waals surface area contributed by atoms with Gasteiger partial charge in [-0.25, -0.2) is 4.79 Å². The van der Waals surface area contributed by atoms with Gasteiger partial charge in [0.1, 0.15) is 0 Å². The SMILES string of the molecule is Cl.O=C(O)c1ccc2cc(Cc3cccnc3)ccc2c1. The molecule has 0 aliphatic carbocycles. The van der Waals surface area contributed by atoms with Crippen LogP contribution in [0.4, 0.5) is 0 Å². The first-order valence-electron chi connectivity index (χ1n) is 6.37. The predicted octanol–water partition coefficient (Wildman–Crippen LogP) is 3.95. The van der Waals surface area contributed by atoms with E-state index in [4.69, 9.17) is 5.11 Å². The van der Waals surface area contributed by atoms with Crippen molar-refractivity contribution in [2.24, 2.45) is 0 Å². The molecule has 3 nitrogen and oxygen atoms in total. The largest absolute Gasteiger partial charge is 0.478 e. The quantitative estimate of drug-likeness (QED) is 0.797. The average molecular weight is 300 g/mol. The average Bonchev–Trinajstić information content (AvgIpc) is 2.47. The van der Waals surface area contributed by atoms with Gasteiger partial charge in [-0.15, -0.1) is 12.4 Å². The summed E-state index contributed by atoms with van der Waals surface area (Å²) >= 11 is 0. The van der Waals surface area contributed by atoms with E-state index in [2.05, 4.69) is 11.1 Å². The lowest BCUT2D eigenvalue weighted by Crippen LogP contribution is -1.95. The molecule has 106 valence electrons. The van der Waals surface area contributed by atoms with Crippen LogP contribution in [0.3, 0.4) is 0 Å². The fourth-order valence-electron chi connectivity index (χ4n) is 2.28. The number of hydrogen-bond acceptors (Lipinski definition) is 2. The Balaban J connectivity index is 0.00000161. The molecule has 0 amide bonds. The number of carboxylic acid groups (broad SMARTS) is 1. The van der Waals surface area contributed by atoms with Gasteiger partial charge in [0, 0.05) is 12.4 Å². The van der Waals surface area contributed by atoms with Crippen molar-refractivity contribution < 1.29 is 9.90 Å². The van der Waals surface area contributed by atoms with E-state index in [1.165, 1.54) is 5.56 Å². The van der Waals surface area contributed by atoms with E-state index in [0.717, 1.165) is 22.8 Å². The number of pyridine rings is 1. The molecule has 3 rings (SSSR count). The Morgan fingerprint density at radius 2 is 1.76 bits per heavy atom. The second-order valence-corrected chi connectivity index (χ2v) is 4.74. The summed E-state index contributed by atoms with van der Waals surface area (Å²) in [5, 5.41) is 11.0. The molecule has 0 saturated carbocycles. The number of carbonyl (C=O) groups is 1. The van der Waals surface area contributed by atoms with E-state index in [1.54, 1.807) is 18.3 Å². The van der Waals surface area contributed by atoms with Crippen LogP contribution in [-0.2, 0) is 6.42 Å². The number of aromatic carboxylic acids is 1. The van der Waals surface area contributed by atoms with Crippen LogP contribution in [0.15, 0.2) is 60.9 Å². The molecule has 2 aromatic carbocycles. The molecule has 0 saturated heterocycles. The second kappa shape index (κ2) is 6.37. The summed E-state index contributed by atoms with van der Waals surface area (Å²) in [7, 11) is 0. The molecule has 0 aliphatic rings. The Bertz CT molecular complexity index is 772. The Morgan fingerprint density at radius 1 is 1.00 bits per heavy atom. The Labute approximate surface area is 128 Å². The summed E-state index contributed by atoms with van der Waals surface area (Å²) in [6, 6.07) is 15.2. The number of fused-ring (bicyclic) bond motifs is 1. The van der Waals surface area contributed by atoms with Gasteiger partial charge in [-0.2, -0.15) is 0 Å². The van der Waals surface area contributed by atoms with E-state index in [0.29, 0.717) is 5.56 Å². The summed E-state index contributed by atoms with van der Waals surface area (Å²) in [5.41, 5.74) is 2.67. The van der Waals surface area contributed by atoms with Crippen molar-refractivity contribution in [3.05, 3.63) is 77.6 Å². The number of aromatic nitrogens is 1. The third-order valence-electron chi connectivity index (χ3n) is 3.28. The highest BCUT2D eigenvalue weighted by atomic mass is 35.5. The number of halogens is 1. The van der Waals surface area contributed by atoms with Crippen molar-refractivity contribution in [2.75, 3.05) is 0 Å². The van der Waals surface area contributed by atoms with E-state index >= 15 is 0 Å². The third-order valence-corrected chi connectivity index (χ3v) is 3.28. The first kappa shape index (κ1) is 15.0. The molecule has 0 radical (unpaired) electrons. The zero-order valence-corrected chi connectivity index (χ0v) is 12.0. The Kier molecular flexibility index (Phi) is 4.55. The highest BCUT2D eigenvalue weighted by Gasteiger charge is 2.04. The normalized spacial score (nSPS) is 10.1. The third kappa shape index (κ3) is 3.38. The fourth-order valence-corrected chi connectivity index (χ4v) is 2.28. The second-order valence-electron chi connectivity index (χ2n) is 4.74. The first-order valence-corrected chi connectivity index (χ1v) is 6.37. The summed E-state index contributed by atoms with van der Waals surface area (Å²) in [6.45, 7) is 0. The van der Waals surface area contributed by atoms with Crippen molar-refractivity contribution in [1.29, 1.82) is 0 Å². The van der Waals surface area contributed by atoms with Gasteiger partial charge in [0.2, 0.25) is 0 Å². The van der Waals surface area contributed by atoms with Gasteiger partial charge >= 0.3 is 5.97 Å². The van der Waals surface area contributed by atoms with Crippen molar-refractivity contribution >= 4 is 29.1 Å². The van der Waals surface area contributed by atoms with Crippen molar-refractivity contribution in [1.82, 2.24) is 4.98 Å². The van der Waals surface area contributed by atoms with Crippen LogP contribution in [0.5, 0.6) is 0 Å². The molecule has 21 heavy (non-hydrogen) atoms. The van der Waals surface area contributed by atoms with Crippen molar-refractivity contribution in [3.63, 3.8) is 0 Å². The van der Waals surface area contributed by atoms with Gasteiger partial charge in [-0.05, 0) is 46.5 Å². The molecule has 0 bridgehead atoms. The first-order chi connectivity index (χ1) is 9.72. The van der Waals surface area contributed by atoms with Crippen LogP contribution in [0.2, 0.25) is 0 Å². The number of hydrogen-bond donors (Lipinski definition) is 1. The molecule has 0 unspecified atom stereocenters. The summed E-state index contributed by atoms with van der Waals surface area (Å²) in [6.07, 6.45) is 4.44. The smallest absolute Gasteiger partial charge is 0.335 e. The minimum absolute atomic E-state index is 0. The molecule has 3 aromatic rings. The zero-order chi connectivity index (χ0) is 13.9. The number of nitrogens with zero attached hydrogens (tertiary/aromatic N) is 1. The molecule has 4 heteroatoms. The van der Waals surface area contributed by atoms with Crippen LogP contribution in [0, 0.1) is 0 Å². The molecule has 0 spiro atoms. The summed E-state index contributed by atoms with van der Waals surface area (Å²) in [4.78, 5) is 15.1. The molecular formula is C17H14ClNO2. The van der Waals surface area contributed by atoms with E-state index in [1.807, 2.05) is 36.5 Å². The van der Waals surface area contributed by atoms with Gasteiger partial charge in [-0.3, -0.25) is 4.98 Å². The van der Waals surface area contributed by atoms with Gasteiger partial charge in [0.15, 0.2) is 0 Å². The van der Waals surface area contributed by atoms with Crippen LogP contribution in [-0.4, -0.2) is 16.1 Å². The van der Waals surface area contributed by atoms with Crippen LogP contribution in [0.25, 0.3) is 10.8 Å².